The molecule has 0 radical (unpaired) electrons. The van der Waals surface area contributed by atoms with Crippen LogP contribution in [0.3, 0.4) is 0 Å². The Hall–Kier alpha value is -2.71. The molecule has 1 N–H and O–H groups in total. The molecule has 2 aromatic carbocycles. The van der Waals surface area contributed by atoms with Crippen LogP contribution >= 0.6 is 34.8 Å². The Balaban J connectivity index is 1.82. The lowest BCUT2D eigenvalue weighted by Crippen LogP contribution is -2.13. The van der Waals surface area contributed by atoms with Gasteiger partial charge in [0.2, 0.25) is 0 Å². The van der Waals surface area contributed by atoms with Crippen molar-refractivity contribution in [3.63, 3.8) is 0 Å². The Kier molecular flexibility index (Phi) is 5.88. The van der Waals surface area contributed by atoms with E-state index in [4.69, 9.17) is 39.2 Å². The van der Waals surface area contributed by atoms with E-state index in [9.17, 15) is 10.1 Å². The van der Waals surface area contributed by atoms with E-state index >= 15 is 0 Å². The Labute approximate surface area is 170 Å². The molecule has 1 amide bonds. The van der Waals surface area contributed by atoms with Gasteiger partial charge >= 0.3 is 0 Å². The molecule has 1 heterocycles. The number of halogens is 3. The third kappa shape index (κ3) is 4.93. The number of rotatable bonds is 4. The number of nitrogens with one attached hydrogen (secondary N) is 1. The zero-order chi connectivity index (χ0) is 19.4. The molecule has 7 heteroatoms. The van der Waals surface area contributed by atoms with E-state index in [1.807, 2.05) is 12.1 Å². The molecule has 0 saturated heterocycles. The molecular weight excluding hydrogens is 407 g/mol. The summed E-state index contributed by atoms with van der Waals surface area (Å²) in [5.41, 5.74) is 1.05. The summed E-state index contributed by atoms with van der Waals surface area (Å²) in [5, 5.41) is 13.2. The monoisotopic (exact) mass is 416 g/mol. The molecule has 0 fully saturated rings. The van der Waals surface area contributed by atoms with Crippen molar-refractivity contribution >= 4 is 52.5 Å². The molecule has 1 aromatic heterocycles. The van der Waals surface area contributed by atoms with Gasteiger partial charge in [-0.2, -0.15) is 5.26 Å². The molecule has 3 rings (SSSR count). The molecule has 4 nitrogen and oxygen atoms in total. The predicted molar refractivity (Wildman–Crippen MR) is 108 cm³/mol. The number of nitrogens with zero attached hydrogens (tertiary/aromatic N) is 1. The van der Waals surface area contributed by atoms with Crippen LogP contribution in [0.2, 0.25) is 15.1 Å². The van der Waals surface area contributed by atoms with Gasteiger partial charge in [0.1, 0.15) is 23.2 Å². The quantitative estimate of drug-likeness (QED) is 0.392. The molecule has 0 saturated carbocycles. The van der Waals surface area contributed by atoms with Crippen molar-refractivity contribution in [3.05, 3.63) is 81.0 Å². The standard InChI is InChI=1S/C20H11Cl3N2O2/c21-14-3-1-2-12(6-14)19-5-4-18(27-19)7-13(11-24)20(26)25-17-9-15(22)8-16(23)10-17/h1-10H,(H,25,26)/b13-7+. The summed E-state index contributed by atoms with van der Waals surface area (Å²) in [6, 6.07) is 17.0. The van der Waals surface area contributed by atoms with Crippen molar-refractivity contribution in [2.75, 3.05) is 5.32 Å². The van der Waals surface area contributed by atoms with Gasteiger partial charge in [0.15, 0.2) is 0 Å². The van der Waals surface area contributed by atoms with Crippen LogP contribution in [-0.2, 0) is 4.79 Å². The van der Waals surface area contributed by atoms with Crippen LogP contribution in [0.4, 0.5) is 5.69 Å². The zero-order valence-electron chi connectivity index (χ0n) is 13.7. The van der Waals surface area contributed by atoms with Crippen molar-refractivity contribution < 1.29 is 9.21 Å². The molecule has 0 aliphatic heterocycles. The number of hydrogen-bond acceptors (Lipinski definition) is 3. The van der Waals surface area contributed by atoms with Crippen LogP contribution in [0.25, 0.3) is 17.4 Å². The highest BCUT2D eigenvalue weighted by Gasteiger charge is 2.12. The molecule has 27 heavy (non-hydrogen) atoms. The average molecular weight is 418 g/mol. The van der Waals surface area contributed by atoms with Crippen LogP contribution < -0.4 is 5.32 Å². The van der Waals surface area contributed by atoms with Gasteiger partial charge in [-0.1, -0.05) is 46.9 Å². The number of nitriles is 1. The van der Waals surface area contributed by atoms with Gasteiger partial charge in [-0.15, -0.1) is 0 Å². The maximum atomic E-state index is 12.3. The summed E-state index contributed by atoms with van der Waals surface area (Å²) in [5.74, 6) is 0.334. The molecule has 0 aliphatic rings. The molecule has 0 bridgehead atoms. The van der Waals surface area contributed by atoms with E-state index in [-0.39, 0.29) is 5.57 Å². The minimum atomic E-state index is -0.600. The topological polar surface area (TPSA) is 66.0 Å². The fraction of sp³-hybridized carbons (Fsp3) is 0. The van der Waals surface area contributed by atoms with Crippen molar-refractivity contribution in [1.29, 1.82) is 5.26 Å². The van der Waals surface area contributed by atoms with Gasteiger partial charge in [0, 0.05) is 32.4 Å². The maximum Gasteiger partial charge on any atom is 0.266 e. The second-order valence-electron chi connectivity index (χ2n) is 5.49. The molecule has 3 aromatic rings. The maximum absolute atomic E-state index is 12.3. The van der Waals surface area contributed by atoms with Crippen molar-refractivity contribution in [2.24, 2.45) is 0 Å². The highest BCUT2D eigenvalue weighted by Crippen LogP contribution is 2.26. The van der Waals surface area contributed by atoms with E-state index in [0.29, 0.717) is 32.3 Å². The molecule has 0 spiro atoms. The highest BCUT2D eigenvalue weighted by atomic mass is 35.5. The summed E-state index contributed by atoms with van der Waals surface area (Å²) in [6.07, 6.45) is 1.36. The van der Waals surface area contributed by atoms with E-state index in [2.05, 4.69) is 5.32 Å². The lowest BCUT2D eigenvalue weighted by atomic mass is 10.2. The number of carbonyl (C=O) groups excluding carboxylic acids is 1. The fourth-order valence-corrected chi connectivity index (χ4v) is 3.06. The van der Waals surface area contributed by atoms with Gasteiger partial charge in [-0.25, -0.2) is 0 Å². The van der Waals surface area contributed by atoms with Gasteiger partial charge < -0.3 is 9.73 Å². The summed E-state index contributed by atoms with van der Waals surface area (Å²) in [4.78, 5) is 12.3. The molecule has 0 atom stereocenters. The average Bonchev–Trinajstić information content (AvgIpc) is 3.07. The Bertz CT molecular complexity index is 1060. The van der Waals surface area contributed by atoms with E-state index < -0.39 is 5.91 Å². The molecule has 0 aliphatic carbocycles. The summed E-state index contributed by atoms with van der Waals surface area (Å²) >= 11 is 17.8. The number of benzene rings is 2. The summed E-state index contributed by atoms with van der Waals surface area (Å²) in [7, 11) is 0. The van der Waals surface area contributed by atoms with E-state index in [1.165, 1.54) is 18.2 Å². The van der Waals surface area contributed by atoms with Crippen LogP contribution in [0, 0.1) is 11.3 Å². The third-order valence-corrected chi connectivity index (χ3v) is 4.18. The lowest BCUT2D eigenvalue weighted by molar-refractivity contribution is -0.112. The first-order valence-electron chi connectivity index (χ1n) is 7.69. The second-order valence-corrected chi connectivity index (χ2v) is 6.80. The minimum Gasteiger partial charge on any atom is -0.457 e. The zero-order valence-corrected chi connectivity index (χ0v) is 15.9. The van der Waals surface area contributed by atoms with Gasteiger partial charge in [0.05, 0.1) is 0 Å². The minimum absolute atomic E-state index is 0.127. The summed E-state index contributed by atoms with van der Waals surface area (Å²) < 4.78 is 5.69. The Morgan fingerprint density at radius 1 is 1.00 bits per heavy atom. The SMILES string of the molecule is N#C/C(=C\c1ccc(-c2cccc(Cl)c2)o1)C(=O)Nc1cc(Cl)cc(Cl)c1. The number of furan rings is 1. The largest absolute Gasteiger partial charge is 0.457 e. The first kappa shape index (κ1) is 19.1. The lowest BCUT2D eigenvalue weighted by Gasteiger charge is -2.05. The van der Waals surface area contributed by atoms with E-state index in [1.54, 1.807) is 36.4 Å². The Morgan fingerprint density at radius 3 is 2.41 bits per heavy atom. The second kappa shape index (κ2) is 8.32. The smallest absolute Gasteiger partial charge is 0.266 e. The normalized spacial score (nSPS) is 11.1. The number of anilines is 1. The van der Waals surface area contributed by atoms with Crippen LogP contribution in [-0.4, -0.2) is 5.91 Å². The third-order valence-electron chi connectivity index (χ3n) is 3.51. The molecule has 0 unspecified atom stereocenters. The van der Waals surface area contributed by atoms with Crippen molar-refractivity contribution in [2.45, 2.75) is 0 Å². The highest BCUT2D eigenvalue weighted by molar-refractivity contribution is 6.35. The molecular formula is C20H11Cl3N2O2. The number of carbonyl (C=O) groups is 1. The van der Waals surface area contributed by atoms with Crippen LogP contribution in [0.15, 0.2) is 64.6 Å². The van der Waals surface area contributed by atoms with Crippen molar-refractivity contribution in [3.8, 4) is 17.4 Å². The fourth-order valence-electron chi connectivity index (χ4n) is 2.34. The van der Waals surface area contributed by atoms with Crippen molar-refractivity contribution in [1.82, 2.24) is 0 Å². The predicted octanol–water partition coefficient (Wildman–Crippen LogP) is 6.45. The molecule has 134 valence electrons. The van der Waals surface area contributed by atoms with Crippen LogP contribution in [0.5, 0.6) is 0 Å². The number of amides is 1. The van der Waals surface area contributed by atoms with Crippen LogP contribution in [0.1, 0.15) is 5.76 Å². The van der Waals surface area contributed by atoms with Gasteiger partial charge in [-0.05, 0) is 42.5 Å². The Morgan fingerprint density at radius 2 is 1.74 bits per heavy atom. The first-order chi connectivity index (χ1) is 12.9. The van der Waals surface area contributed by atoms with Gasteiger partial charge in [-0.3, -0.25) is 4.79 Å². The van der Waals surface area contributed by atoms with Gasteiger partial charge in [0.25, 0.3) is 5.91 Å². The summed E-state index contributed by atoms with van der Waals surface area (Å²) in [6.45, 7) is 0. The van der Waals surface area contributed by atoms with E-state index in [0.717, 1.165) is 5.56 Å². The number of hydrogen-bond donors (Lipinski definition) is 1. The first-order valence-corrected chi connectivity index (χ1v) is 8.83.